The van der Waals surface area contributed by atoms with Gasteiger partial charge in [-0.2, -0.15) is 0 Å². The molecule has 0 aliphatic rings. The highest BCUT2D eigenvalue weighted by Crippen LogP contribution is 2.42. The molecule has 0 radical (unpaired) electrons. The molecular formula is C28H31ClN4O3. The Balaban J connectivity index is 2.08. The fourth-order valence-electron chi connectivity index (χ4n) is 4.48. The maximum atomic E-state index is 13.1. The summed E-state index contributed by atoms with van der Waals surface area (Å²) in [4.78, 5) is 26.8. The van der Waals surface area contributed by atoms with Gasteiger partial charge in [-0.3, -0.25) is 9.97 Å². The van der Waals surface area contributed by atoms with Crippen LogP contribution in [0.15, 0.2) is 42.9 Å². The summed E-state index contributed by atoms with van der Waals surface area (Å²) >= 11 is 6.23. The number of ether oxygens (including phenoxy) is 2. The van der Waals surface area contributed by atoms with Crippen molar-refractivity contribution in [2.24, 2.45) is 0 Å². The molecule has 7 nitrogen and oxygen atoms in total. The molecule has 4 aromatic rings. The first-order chi connectivity index (χ1) is 17.0. The van der Waals surface area contributed by atoms with Crippen LogP contribution in [-0.2, 0) is 20.8 Å². The molecule has 0 spiro atoms. The Labute approximate surface area is 216 Å². The van der Waals surface area contributed by atoms with Gasteiger partial charge in [0.2, 0.25) is 0 Å². The average Bonchev–Trinajstić information content (AvgIpc) is 3.06. The number of aryl methyl sites for hydroxylation is 2. The van der Waals surface area contributed by atoms with Crippen molar-refractivity contribution in [3.05, 3.63) is 76.1 Å². The van der Waals surface area contributed by atoms with Crippen LogP contribution >= 0.6 is 11.6 Å². The van der Waals surface area contributed by atoms with E-state index in [1.807, 2.05) is 52.0 Å². The van der Waals surface area contributed by atoms with E-state index in [0.717, 1.165) is 39.1 Å². The second-order valence-electron chi connectivity index (χ2n) is 9.82. The maximum Gasteiger partial charge on any atom is 0.339 e. The maximum absolute atomic E-state index is 13.1. The topological polar surface area (TPSA) is 79.1 Å². The average molecular weight is 507 g/mol. The minimum atomic E-state index is -0.958. The van der Waals surface area contributed by atoms with Crippen molar-refractivity contribution in [2.45, 2.75) is 59.8 Å². The van der Waals surface area contributed by atoms with Crippen LogP contribution in [0, 0.1) is 20.8 Å². The number of rotatable bonds is 6. The van der Waals surface area contributed by atoms with E-state index in [9.17, 15) is 4.79 Å². The Morgan fingerprint density at radius 1 is 1.11 bits per heavy atom. The summed E-state index contributed by atoms with van der Waals surface area (Å²) in [5, 5.41) is 1.58. The number of halogens is 1. The number of carbonyl (C=O) groups is 1. The van der Waals surface area contributed by atoms with Crippen molar-refractivity contribution >= 4 is 28.6 Å². The molecule has 1 unspecified atom stereocenters. The van der Waals surface area contributed by atoms with Crippen LogP contribution in [-0.4, -0.2) is 38.2 Å². The molecule has 0 saturated heterocycles. The zero-order chi connectivity index (χ0) is 26.2. The number of carbonyl (C=O) groups excluding carboxylic acids is 1. The van der Waals surface area contributed by atoms with Crippen molar-refractivity contribution in [1.82, 2.24) is 19.5 Å². The lowest BCUT2D eigenvalue weighted by Gasteiger charge is -2.28. The van der Waals surface area contributed by atoms with Crippen molar-refractivity contribution in [2.75, 3.05) is 7.11 Å². The Bertz CT molecular complexity index is 1410. The van der Waals surface area contributed by atoms with E-state index in [1.165, 1.54) is 7.11 Å². The lowest BCUT2D eigenvalue weighted by atomic mass is 9.91. The minimum Gasteiger partial charge on any atom is -0.467 e. The van der Waals surface area contributed by atoms with Crippen molar-refractivity contribution < 1.29 is 14.3 Å². The third kappa shape index (κ3) is 4.99. The number of methoxy groups -OCH3 is 1. The zero-order valence-electron chi connectivity index (χ0n) is 21.7. The molecule has 1 aromatic carbocycles. The quantitative estimate of drug-likeness (QED) is 0.292. The Morgan fingerprint density at radius 3 is 2.39 bits per heavy atom. The van der Waals surface area contributed by atoms with Gasteiger partial charge in [0.1, 0.15) is 5.65 Å². The van der Waals surface area contributed by atoms with E-state index in [2.05, 4.69) is 28.4 Å². The van der Waals surface area contributed by atoms with Crippen molar-refractivity contribution in [1.29, 1.82) is 0 Å². The van der Waals surface area contributed by atoms with Crippen LogP contribution in [0.25, 0.3) is 22.2 Å². The van der Waals surface area contributed by atoms with Gasteiger partial charge >= 0.3 is 5.97 Å². The lowest BCUT2D eigenvalue weighted by molar-refractivity contribution is -0.164. The molecule has 0 bridgehead atoms. The van der Waals surface area contributed by atoms with Gasteiger partial charge in [-0.25, -0.2) is 9.78 Å². The third-order valence-corrected chi connectivity index (χ3v) is 6.46. The number of aromatic nitrogens is 4. The normalized spacial score (nSPS) is 12.7. The molecule has 3 heterocycles. The first kappa shape index (κ1) is 25.8. The van der Waals surface area contributed by atoms with Crippen LogP contribution in [0.5, 0.6) is 0 Å². The standard InChI is InChI=1S/C28H31ClN4O3/c1-16-18(3)33(15-21-14-30-12-13-31-21)26-22(16)24(19-8-10-20(29)11-9-19)23(17(2)32-26)25(27(34)35-7)36-28(4,5)6/h8-14,25H,15H2,1-7H3. The number of hydrogen-bond donors (Lipinski definition) is 0. The van der Waals surface area contributed by atoms with Gasteiger partial charge in [-0.15, -0.1) is 0 Å². The fourth-order valence-corrected chi connectivity index (χ4v) is 4.61. The predicted molar refractivity (Wildman–Crippen MR) is 141 cm³/mol. The summed E-state index contributed by atoms with van der Waals surface area (Å²) in [7, 11) is 1.37. The van der Waals surface area contributed by atoms with Gasteiger partial charge in [0.25, 0.3) is 0 Å². The summed E-state index contributed by atoms with van der Waals surface area (Å²) < 4.78 is 13.6. The van der Waals surface area contributed by atoms with Gasteiger partial charge in [0.05, 0.1) is 31.1 Å². The molecular weight excluding hydrogens is 476 g/mol. The Morgan fingerprint density at radius 2 is 1.81 bits per heavy atom. The van der Waals surface area contributed by atoms with Gasteiger partial charge in [-0.1, -0.05) is 23.7 Å². The largest absolute Gasteiger partial charge is 0.467 e. The van der Waals surface area contributed by atoms with Gasteiger partial charge in [-0.05, 0) is 64.8 Å². The molecule has 0 N–H and O–H groups in total. The fraction of sp³-hybridized carbons (Fsp3) is 0.357. The van der Waals surface area contributed by atoms with Crippen molar-refractivity contribution in [3.63, 3.8) is 0 Å². The van der Waals surface area contributed by atoms with Crippen LogP contribution in [0.1, 0.15) is 55.1 Å². The summed E-state index contributed by atoms with van der Waals surface area (Å²) in [5.41, 5.74) is 6.33. The van der Waals surface area contributed by atoms with Crippen LogP contribution in [0.2, 0.25) is 5.02 Å². The number of nitrogens with zero attached hydrogens (tertiary/aromatic N) is 4. The van der Waals surface area contributed by atoms with E-state index in [-0.39, 0.29) is 0 Å². The van der Waals surface area contributed by atoms with E-state index in [0.29, 0.717) is 22.8 Å². The van der Waals surface area contributed by atoms with Gasteiger partial charge in [0, 0.05) is 45.3 Å². The summed E-state index contributed by atoms with van der Waals surface area (Å²) in [6, 6.07) is 7.61. The van der Waals surface area contributed by atoms with E-state index >= 15 is 0 Å². The number of benzene rings is 1. The van der Waals surface area contributed by atoms with E-state index in [4.69, 9.17) is 26.1 Å². The SMILES string of the molecule is COC(=O)C(OC(C)(C)C)c1c(C)nc2c(c(C)c(C)n2Cc2cnccn2)c1-c1ccc(Cl)cc1. The molecule has 8 heteroatoms. The Hall–Kier alpha value is -3.29. The predicted octanol–water partition coefficient (Wildman–Crippen LogP) is 6.15. The molecule has 0 aliphatic heterocycles. The molecule has 188 valence electrons. The molecule has 0 saturated carbocycles. The first-order valence-electron chi connectivity index (χ1n) is 11.8. The lowest BCUT2D eigenvalue weighted by Crippen LogP contribution is -2.29. The number of fused-ring (bicyclic) bond motifs is 1. The Kier molecular flexibility index (Phi) is 7.16. The second kappa shape index (κ2) is 9.99. The van der Waals surface area contributed by atoms with Crippen LogP contribution in [0.3, 0.4) is 0 Å². The van der Waals surface area contributed by atoms with E-state index < -0.39 is 17.7 Å². The van der Waals surface area contributed by atoms with Gasteiger partial charge in [0.15, 0.2) is 6.10 Å². The van der Waals surface area contributed by atoms with Crippen LogP contribution in [0.4, 0.5) is 0 Å². The third-order valence-electron chi connectivity index (χ3n) is 6.20. The van der Waals surface area contributed by atoms with Gasteiger partial charge < -0.3 is 14.0 Å². The first-order valence-corrected chi connectivity index (χ1v) is 12.2. The summed E-state index contributed by atoms with van der Waals surface area (Å²) in [6.07, 6.45) is 4.14. The summed E-state index contributed by atoms with van der Waals surface area (Å²) in [5.74, 6) is -0.474. The molecule has 4 rings (SSSR count). The molecule has 1 atom stereocenters. The molecule has 36 heavy (non-hydrogen) atoms. The van der Waals surface area contributed by atoms with Crippen LogP contribution < -0.4 is 0 Å². The number of pyridine rings is 1. The smallest absolute Gasteiger partial charge is 0.339 e. The summed E-state index contributed by atoms with van der Waals surface area (Å²) in [6.45, 7) is 12.3. The van der Waals surface area contributed by atoms with Crippen molar-refractivity contribution in [3.8, 4) is 11.1 Å². The number of esters is 1. The molecule has 3 aromatic heterocycles. The highest BCUT2D eigenvalue weighted by molar-refractivity contribution is 6.30. The highest BCUT2D eigenvalue weighted by Gasteiger charge is 2.34. The van der Waals surface area contributed by atoms with E-state index in [1.54, 1.807) is 18.6 Å². The molecule has 0 aliphatic carbocycles. The molecule has 0 amide bonds. The second-order valence-corrected chi connectivity index (χ2v) is 10.3. The number of hydrogen-bond acceptors (Lipinski definition) is 6. The zero-order valence-corrected chi connectivity index (χ0v) is 22.5. The highest BCUT2D eigenvalue weighted by atomic mass is 35.5. The monoisotopic (exact) mass is 506 g/mol. The molecule has 0 fully saturated rings. The minimum absolute atomic E-state index is 0.474.